The molecule has 0 aliphatic heterocycles. The third-order valence-corrected chi connectivity index (χ3v) is 3.33. The maximum absolute atomic E-state index is 12.8. The molecule has 1 aromatic rings. The van der Waals surface area contributed by atoms with Crippen molar-refractivity contribution in [2.75, 3.05) is 6.61 Å². The fourth-order valence-electron chi connectivity index (χ4n) is 1.36. The van der Waals surface area contributed by atoms with Gasteiger partial charge in [0.2, 0.25) is 0 Å². The molecule has 108 valence electrons. The molecule has 20 heavy (non-hydrogen) atoms. The molecule has 1 rings (SSSR count). The summed E-state index contributed by atoms with van der Waals surface area (Å²) in [5.74, 6) is -0.760. The highest BCUT2D eigenvalue weighted by atomic mass is 35.5. The maximum Gasteiger partial charge on any atom is 0.259 e. The lowest BCUT2D eigenvalue weighted by molar-refractivity contribution is -0.124. The summed E-state index contributed by atoms with van der Waals surface area (Å²) in [6.07, 6.45) is 0. The predicted octanol–water partition coefficient (Wildman–Crippen LogP) is 2.91. The van der Waals surface area contributed by atoms with Gasteiger partial charge in [0.25, 0.3) is 5.91 Å². The van der Waals surface area contributed by atoms with Crippen LogP contribution in [0.5, 0.6) is 5.75 Å². The minimum Gasteiger partial charge on any atom is -0.482 e. The van der Waals surface area contributed by atoms with Crippen molar-refractivity contribution in [3.8, 4) is 11.8 Å². The molecule has 0 unspecified atom stereocenters. The van der Waals surface area contributed by atoms with E-state index in [0.717, 1.165) is 6.07 Å². The Morgan fingerprint density at radius 3 is 2.75 bits per heavy atom. The van der Waals surface area contributed by atoms with Gasteiger partial charge in [0.1, 0.15) is 17.1 Å². The lowest BCUT2D eigenvalue weighted by Crippen LogP contribution is -2.50. The van der Waals surface area contributed by atoms with Crippen LogP contribution in [0.25, 0.3) is 0 Å². The van der Waals surface area contributed by atoms with Crippen LogP contribution in [0, 0.1) is 23.1 Å². The van der Waals surface area contributed by atoms with Gasteiger partial charge < -0.3 is 10.1 Å². The molecule has 1 aromatic carbocycles. The fourth-order valence-corrected chi connectivity index (χ4v) is 1.58. The van der Waals surface area contributed by atoms with Gasteiger partial charge in [0.15, 0.2) is 6.61 Å². The Bertz CT molecular complexity index is 542. The van der Waals surface area contributed by atoms with E-state index >= 15 is 0 Å². The standard InChI is InChI=1S/C14H16ClFN2O2/c1-9(2)14(3,8-17)18-13(19)7-20-12-5-4-10(16)6-11(12)15/h4-6,9H,7H2,1-3H3,(H,18,19)/t14-/m1/s1. The van der Waals surface area contributed by atoms with E-state index in [-0.39, 0.29) is 23.3 Å². The Morgan fingerprint density at radius 1 is 1.60 bits per heavy atom. The number of amides is 1. The second kappa shape index (κ2) is 6.58. The lowest BCUT2D eigenvalue weighted by atomic mass is 9.90. The molecule has 0 aromatic heterocycles. The van der Waals surface area contributed by atoms with Gasteiger partial charge in [-0.2, -0.15) is 5.26 Å². The molecule has 0 spiro atoms. The van der Waals surface area contributed by atoms with E-state index in [2.05, 4.69) is 11.4 Å². The minimum absolute atomic E-state index is 0.0501. The highest BCUT2D eigenvalue weighted by Gasteiger charge is 2.30. The van der Waals surface area contributed by atoms with E-state index in [9.17, 15) is 9.18 Å². The smallest absolute Gasteiger partial charge is 0.259 e. The Balaban J connectivity index is 2.62. The summed E-state index contributed by atoms with van der Waals surface area (Å²) in [6.45, 7) is 5.01. The summed E-state index contributed by atoms with van der Waals surface area (Å²) in [5.41, 5.74) is -0.965. The Morgan fingerprint density at radius 2 is 2.25 bits per heavy atom. The van der Waals surface area contributed by atoms with Gasteiger partial charge in [0.05, 0.1) is 11.1 Å². The molecule has 0 bridgehead atoms. The van der Waals surface area contributed by atoms with E-state index in [1.807, 2.05) is 13.8 Å². The first-order valence-electron chi connectivity index (χ1n) is 6.08. The molecule has 0 fully saturated rings. The van der Waals surface area contributed by atoms with Gasteiger partial charge in [0, 0.05) is 0 Å². The third kappa shape index (κ3) is 4.10. The van der Waals surface area contributed by atoms with Crippen LogP contribution in [0.2, 0.25) is 5.02 Å². The summed E-state index contributed by atoms with van der Waals surface area (Å²) >= 11 is 5.77. The number of halogens is 2. The number of hydrogen-bond acceptors (Lipinski definition) is 3. The molecule has 0 saturated heterocycles. The van der Waals surface area contributed by atoms with Crippen molar-refractivity contribution in [3.05, 3.63) is 29.0 Å². The highest BCUT2D eigenvalue weighted by molar-refractivity contribution is 6.32. The minimum atomic E-state index is -0.965. The van der Waals surface area contributed by atoms with Crippen LogP contribution in [-0.2, 0) is 4.79 Å². The first-order valence-corrected chi connectivity index (χ1v) is 6.46. The first-order chi connectivity index (χ1) is 9.28. The number of nitriles is 1. The van der Waals surface area contributed by atoms with Gasteiger partial charge in [-0.05, 0) is 31.0 Å². The summed E-state index contributed by atoms with van der Waals surface area (Å²) in [6, 6.07) is 5.69. The normalized spacial score (nSPS) is 13.4. The Labute approximate surface area is 122 Å². The molecule has 4 nitrogen and oxygen atoms in total. The molecule has 1 N–H and O–H groups in total. The summed E-state index contributed by atoms with van der Waals surface area (Å²) in [5, 5.41) is 11.8. The Kier molecular flexibility index (Phi) is 5.34. The number of nitrogens with one attached hydrogen (secondary N) is 1. The van der Waals surface area contributed by atoms with Crippen molar-refractivity contribution in [3.63, 3.8) is 0 Å². The van der Waals surface area contributed by atoms with Crippen LogP contribution in [0.3, 0.4) is 0 Å². The molecular weight excluding hydrogens is 283 g/mol. The van der Waals surface area contributed by atoms with E-state index in [4.69, 9.17) is 21.6 Å². The number of benzene rings is 1. The second-order valence-electron chi connectivity index (χ2n) is 4.88. The van der Waals surface area contributed by atoms with Gasteiger partial charge >= 0.3 is 0 Å². The van der Waals surface area contributed by atoms with Gasteiger partial charge in [-0.3, -0.25) is 4.79 Å². The number of carbonyl (C=O) groups is 1. The molecule has 0 aliphatic carbocycles. The number of nitrogens with zero attached hydrogens (tertiary/aromatic N) is 1. The molecule has 1 atom stereocenters. The van der Waals surface area contributed by atoms with Crippen LogP contribution in [-0.4, -0.2) is 18.1 Å². The van der Waals surface area contributed by atoms with Crippen molar-refractivity contribution < 1.29 is 13.9 Å². The van der Waals surface area contributed by atoms with E-state index in [1.54, 1.807) is 6.92 Å². The lowest BCUT2D eigenvalue weighted by Gasteiger charge is -2.27. The topological polar surface area (TPSA) is 62.1 Å². The predicted molar refractivity (Wildman–Crippen MR) is 73.9 cm³/mol. The summed E-state index contributed by atoms with van der Waals surface area (Å²) < 4.78 is 18.1. The van der Waals surface area contributed by atoms with Crippen LogP contribution < -0.4 is 10.1 Å². The molecule has 0 aliphatic rings. The molecule has 1 amide bonds. The van der Waals surface area contributed by atoms with Crippen molar-refractivity contribution in [2.45, 2.75) is 26.3 Å². The number of rotatable bonds is 5. The number of hydrogen-bond donors (Lipinski definition) is 1. The zero-order chi connectivity index (χ0) is 15.3. The molecule has 6 heteroatoms. The zero-order valence-corrected chi connectivity index (χ0v) is 12.3. The monoisotopic (exact) mass is 298 g/mol. The van der Waals surface area contributed by atoms with Crippen LogP contribution >= 0.6 is 11.6 Å². The first kappa shape index (κ1) is 16.3. The van der Waals surface area contributed by atoms with Crippen molar-refractivity contribution >= 4 is 17.5 Å². The Hall–Kier alpha value is -1.80. The fraction of sp³-hybridized carbons (Fsp3) is 0.429. The van der Waals surface area contributed by atoms with E-state index < -0.39 is 17.3 Å². The van der Waals surface area contributed by atoms with E-state index in [1.165, 1.54) is 12.1 Å². The van der Waals surface area contributed by atoms with Crippen molar-refractivity contribution in [1.82, 2.24) is 5.32 Å². The maximum atomic E-state index is 12.8. The SMILES string of the molecule is CC(C)[C@@](C)(C#N)NC(=O)COc1ccc(F)cc1Cl. The van der Waals surface area contributed by atoms with Gasteiger partial charge in [-0.15, -0.1) is 0 Å². The number of ether oxygens (including phenoxy) is 1. The van der Waals surface area contributed by atoms with Gasteiger partial charge in [-0.25, -0.2) is 4.39 Å². The number of carbonyl (C=O) groups excluding carboxylic acids is 1. The molecule has 0 radical (unpaired) electrons. The second-order valence-corrected chi connectivity index (χ2v) is 5.29. The molecular formula is C14H16ClFN2O2. The van der Waals surface area contributed by atoms with Crippen molar-refractivity contribution in [1.29, 1.82) is 5.26 Å². The summed E-state index contributed by atoms with van der Waals surface area (Å²) in [4.78, 5) is 11.8. The highest BCUT2D eigenvalue weighted by Crippen LogP contribution is 2.24. The van der Waals surface area contributed by atoms with E-state index in [0.29, 0.717) is 0 Å². The zero-order valence-electron chi connectivity index (χ0n) is 11.5. The van der Waals surface area contributed by atoms with Crippen LogP contribution in [0.15, 0.2) is 18.2 Å². The third-order valence-electron chi connectivity index (χ3n) is 3.04. The average molecular weight is 299 g/mol. The molecule has 0 saturated carbocycles. The summed E-state index contributed by atoms with van der Waals surface area (Å²) in [7, 11) is 0. The molecule has 0 heterocycles. The van der Waals surface area contributed by atoms with Crippen LogP contribution in [0.1, 0.15) is 20.8 Å². The average Bonchev–Trinajstić information content (AvgIpc) is 2.37. The van der Waals surface area contributed by atoms with Crippen molar-refractivity contribution in [2.24, 2.45) is 5.92 Å². The van der Waals surface area contributed by atoms with Crippen LogP contribution in [0.4, 0.5) is 4.39 Å². The quantitative estimate of drug-likeness (QED) is 0.909. The van der Waals surface area contributed by atoms with Gasteiger partial charge in [-0.1, -0.05) is 25.4 Å². The largest absolute Gasteiger partial charge is 0.482 e.